The monoisotopic (exact) mass is 403 g/mol. The maximum atomic E-state index is 12.5. The number of nitrogens with two attached hydrogens (primary N) is 1. The second-order valence-electron chi connectivity index (χ2n) is 7.53. The highest BCUT2D eigenvalue weighted by atomic mass is 35.5. The Balaban J connectivity index is 0.00000625. The van der Waals surface area contributed by atoms with Gasteiger partial charge in [0.05, 0.1) is 10.6 Å². The van der Waals surface area contributed by atoms with E-state index in [2.05, 4.69) is 17.6 Å². The van der Waals surface area contributed by atoms with E-state index in [1.807, 2.05) is 20.8 Å². The van der Waals surface area contributed by atoms with Crippen LogP contribution in [0.3, 0.4) is 0 Å². The van der Waals surface area contributed by atoms with E-state index in [0.29, 0.717) is 29.2 Å². The van der Waals surface area contributed by atoms with Gasteiger partial charge in [-0.05, 0) is 30.0 Å². The summed E-state index contributed by atoms with van der Waals surface area (Å²) >= 11 is 6.16. The predicted molar refractivity (Wildman–Crippen MR) is 111 cm³/mol. The summed E-state index contributed by atoms with van der Waals surface area (Å²) in [7, 11) is 0. The minimum absolute atomic E-state index is 0. The van der Waals surface area contributed by atoms with Crippen molar-refractivity contribution in [3.63, 3.8) is 0 Å². The molecule has 0 fully saturated rings. The number of anilines is 1. The predicted octanol–water partition coefficient (Wildman–Crippen LogP) is 4.38. The van der Waals surface area contributed by atoms with Crippen molar-refractivity contribution in [3.8, 4) is 0 Å². The molecule has 0 aliphatic heterocycles. The molecule has 0 aromatic heterocycles. The molecule has 1 aromatic rings. The minimum Gasteiger partial charge on any atom is -0.348 e. The van der Waals surface area contributed by atoms with Crippen LogP contribution in [0, 0.1) is 5.41 Å². The van der Waals surface area contributed by atoms with E-state index in [9.17, 15) is 9.59 Å². The zero-order valence-electron chi connectivity index (χ0n) is 16.0. The first-order chi connectivity index (χ1) is 11.7. The Morgan fingerprint density at radius 2 is 1.92 bits per heavy atom. The lowest BCUT2D eigenvalue weighted by Gasteiger charge is -2.19. The van der Waals surface area contributed by atoms with Gasteiger partial charge in [0, 0.05) is 24.7 Å². The van der Waals surface area contributed by atoms with Crippen molar-refractivity contribution in [2.24, 2.45) is 11.1 Å². The van der Waals surface area contributed by atoms with Crippen molar-refractivity contribution >= 4 is 41.5 Å². The normalized spacial score (nSPS) is 12.1. The molecule has 26 heavy (non-hydrogen) atoms. The second kappa shape index (κ2) is 11.4. The average Bonchev–Trinajstić information content (AvgIpc) is 2.51. The Morgan fingerprint density at radius 3 is 2.46 bits per heavy atom. The SMILES string of the molecule is CCCCC(CN)NC(=O)c1cc(NC(=O)CC(C)(C)C)ccc1Cl.Cl. The topological polar surface area (TPSA) is 84.2 Å². The third-order valence-electron chi connectivity index (χ3n) is 3.71. The highest BCUT2D eigenvalue weighted by Crippen LogP contribution is 2.23. The van der Waals surface area contributed by atoms with E-state index in [-0.39, 0.29) is 35.7 Å². The quantitative estimate of drug-likeness (QED) is 0.601. The van der Waals surface area contributed by atoms with Crippen molar-refractivity contribution in [1.29, 1.82) is 0 Å². The van der Waals surface area contributed by atoms with Crippen molar-refractivity contribution in [2.45, 2.75) is 59.4 Å². The van der Waals surface area contributed by atoms with Gasteiger partial charge in [-0.1, -0.05) is 52.1 Å². The molecule has 0 heterocycles. The maximum Gasteiger partial charge on any atom is 0.253 e. The molecule has 0 saturated heterocycles. The molecule has 148 valence electrons. The summed E-state index contributed by atoms with van der Waals surface area (Å²) in [4.78, 5) is 24.6. The number of rotatable bonds is 8. The zero-order chi connectivity index (χ0) is 19.0. The lowest BCUT2D eigenvalue weighted by atomic mass is 9.92. The smallest absolute Gasteiger partial charge is 0.253 e. The molecule has 1 rings (SSSR count). The van der Waals surface area contributed by atoms with E-state index in [4.69, 9.17) is 17.3 Å². The van der Waals surface area contributed by atoms with Crippen LogP contribution in [-0.2, 0) is 4.79 Å². The third kappa shape index (κ3) is 8.88. The number of amides is 2. The minimum atomic E-state index is -0.275. The number of carbonyl (C=O) groups is 2. The summed E-state index contributed by atoms with van der Waals surface area (Å²) in [6.45, 7) is 8.46. The fourth-order valence-electron chi connectivity index (χ4n) is 2.43. The average molecular weight is 404 g/mol. The molecule has 7 heteroatoms. The number of hydrogen-bond acceptors (Lipinski definition) is 3. The number of benzene rings is 1. The van der Waals surface area contributed by atoms with Gasteiger partial charge >= 0.3 is 0 Å². The Morgan fingerprint density at radius 1 is 1.27 bits per heavy atom. The van der Waals surface area contributed by atoms with Crippen molar-refractivity contribution in [1.82, 2.24) is 5.32 Å². The van der Waals surface area contributed by atoms with Crippen LogP contribution in [0.2, 0.25) is 5.02 Å². The lowest BCUT2D eigenvalue weighted by Crippen LogP contribution is -2.40. The molecule has 1 atom stereocenters. The van der Waals surface area contributed by atoms with Crippen LogP contribution in [-0.4, -0.2) is 24.4 Å². The van der Waals surface area contributed by atoms with Crippen molar-refractivity contribution in [2.75, 3.05) is 11.9 Å². The molecule has 2 amide bonds. The molecule has 0 radical (unpaired) electrons. The summed E-state index contributed by atoms with van der Waals surface area (Å²) in [5.74, 6) is -0.368. The Kier molecular flexibility index (Phi) is 10.8. The number of unbranched alkanes of at least 4 members (excludes halogenated alkanes) is 1. The van der Waals surface area contributed by atoms with Crippen LogP contribution in [0.5, 0.6) is 0 Å². The molecule has 0 spiro atoms. The van der Waals surface area contributed by atoms with Gasteiger partial charge in [-0.3, -0.25) is 9.59 Å². The Hall–Kier alpha value is -1.30. The molecule has 0 saturated carbocycles. The largest absolute Gasteiger partial charge is 0.348 e. The van der Waals surface area contributed by atoms with Crippen LogP contribution in [0.1, 0.15) is 63.7 Å². The summed E-state index contributed by atoms with van der Waals surface area (Å²) in [5, 5.41) is 6.08. The fraction of sp³-hybridized carbons (Fsp3) is 0.579. The molecule has 1 aromatic carbocycles. The first kappa shape index (κ1) is 24.7. The van der Waals surface area contributed by atoms with Gasteiger partial charge in [-0.2, -0.15) is 0 Å². The Bertz CT molecular complexity index is 601. The van der Waals surface area contributed by atoms with Crippen LogP contribution < -0.4 is 16.4 Å². The van der Waals surface area contributed by atoms with Crippen LogP contribution in [0.15, 0.2) is 18.2 Å². The van der Waals surface area contributed by atoms with E-state index in [1.165, 1.54) is 0 Å². The molecule has 0 bridgehead atoms. The molecule has 0 aliphatic rings. The molecule has 1 unspecified atom stereocenters. The van der Waals surface area contributed by atoms with E-state index >= 15 is 0 Å². The molecular formula is C19H31Cl2N3O2. The maximum absolute atomic E-state index is 12.5. The summed E-state index contributed by atoms with van der Waals surface area (Å²) in [6.07, 6.45) is 3.27. The highest BCUT2D eigenvalue weighted by molar-refractivity contribution is 6.34. The molecule has 0 aliphatic carbocycles. The first-order valence-corrected chi connectivity index (χ1v) is 9.14. The van der Waals surface area contributed by atoms with Crippen molar-refractivity contribution in [3.05, 3.63) is 28.8 Å². The van der Waals surface area contributed by atoms with Gasteiger partial charge in [0.1, 0.15) is 0 Å². The van der Waals surface area contributed by atoms with Gasteiger partial charge < -0.3 is 16.4 Å². The standard InChI is InChI=1S/C19H30ClN3O2.ClH/c1-5-6-7-14(12-21)23-18(25)15-10-13(8-9-16(15)20)22-17(24)11-19(2,3)4;/h8-10,14H,5-7,11-12,21H2,1-4H3,(H,22,24)(H,23,25);1H. The van der Waals surface area contributed by atoms with E-state index in [1.54, 1.807) is 18.2 Å². The zero-order valence-corrected chi connectivity index (χ0v) is 17.6. The van der Waals surface area contributed by atoms with Gasteiger partial charge in [0.25, 0.3) is 5.91 Å². The highest BCUT2D eigenvalue weighted by Gasteiger charge is 2.18. The number of carbonyl (C=O) groups excluding carboxylic acids is 2. The van der Waals surface area contributed by atoms with E-state index in [0.717, 1.165) is 19.3 Å². The van der Waals surface area contributed by atoms with Gasteiger partial charge in [-0.25, -0.2) is 0 Å². The van der Waals surface area contributed by atoms with Crippen LogP contribution in [0.4, 0.5) is 5.69 Å². The van der Waals surface area contributed by atoms with Crippen molar-refractivity contribution < 1.29 is 9.59 Å². The number of halogens is 2. The second-order valence-corrected chi connectivity index (χ2v) is 7.94. The summed E-state index contributed by atoms with van der Waals surface area (Å²) < 4.78 is 0. The summed E-state index contributed by atoms with van der Waals surface area (Å²) in [5.41, 5.74) is 6.52. The first-order valence-electron chi connectivity index (χ1n) is 8.76. The molecule has 4 N–H and O–H groups in total. The summed E-state index contributed by atoms with van der Waals surface area (Å²) in [6, 6.07) is 4.83. The van der Waals surface area contributed by atoms with Gasteiger partial charge in [-0.15, -0.1) is 12.4 Å². The van der Waals surface area contributed by atoms with Gasteiger partial charge in [0.15, 0.2) is 0 Å². The Labute approximate surface area is 167 Å². The molecule has 5 nitrogen and oxygen atoms in total. The van der Waals surface area contributed by atoms with Gasteiger partial charge in [0.2, 0.25) is 5.91 Å². The molecular weight excluding hydrogens is 373 g/mol. The van der Waals surface area contributed by atoms with Crippen LogP contribution >= 0.6 is 24.0 Å². The fourth-order valence-corrected chi connectivity index (χ4v) is 2.63. The third-order valence-corrected chi connectivity index (χ3v) is 4.04. The number of hydrogen-bond donors (Lipinski definition) is 3. The van der Waals surface area contributed by atoms with E-state index < -0.39 is 0 Å². The lowest BCUT2D eigenvalue weighted by molar-refractivity contribution is -0.117. The number of nitrogens with one attached hydrogen (secondary N) is 2. The van der Waals surface area contributed by atoms with Crippen LogP contribution in [0.25, 0.3) is 0 Å².